The molecule has 1 aliphatic rings. The van der Waals surface area contributed by atoms with Crippen LogP contribution in [0.15, 0.2) is 61.1 Å². The highest BCUT2D eigenvalue weighted by Crippen LogP contribution is 2.19. The molecule has 32 heavy (non-hydrogen) atoms. The van der Waals surface area contributed by atoms with Crippen LogP contribution in [0.2, 0.25) is 0 Å². The molecule has 9 heteroatoms. The van der Waals surface area contributed by atoms with Crippen LogP contribution < -0.4 is 10.2 Å². The molecule has 1 amide bonds. The second kappa shape index (κ2) is 9.61. The van der Waals surface area contributed by atoms with Gasteiger partial charge in [0.2, 0.25) is 0 Å². The molecule has 1 fully saturated rings. The highest BCUT2D eigenvalue weighted by Gasteiger charge is 2.22. The van der Waals surface area contributed by atoms with Gasteiger partial charge in [-0.1, -0.05) is 0 Å². The van der Waals surface area contributed by atoms with Crippen LogP contribution in [0.4, 0.5) is 15.8 Å². The Hall–Kier alpha value is -3.72. The van der Waals surface area contributed by atoms with Crippen molar-refractivity contribution in [2.24, 2.45) is 0 Å². The van der Waals surface area contributed by atoms with Crippen molar-refractivity contribution in [1.82, 2.24) is 9.55 Å². The zero-order valence-corrected chi connectivity index (χ0v) is 17.5. The number of imidazole rings is 1. The number of hydrogen-bond donors (Lipinski definition) is 1. The van der Waals surface area contributed by atoms with Crippen LogP contribution in [-0.2, 0) is 14.3 Å². The molecule has 166 valence electrons. The zero-order valence-electron chi connectivity index (χ0n) is 17.5. The Morgan fingerprint density at radius 1 is 1.06 bits per heavy atom. The molecule has 0 radical (unpaired) electrons. The van der Waals surface area contributed by atoms with Gasteiger partial charge in [-0.05, 0) is 55.5 Å². The van der Waals surface area contributed by atoms with Crippen LogP contribution in [-0.4, -0.2) is 53.8 Å². The Morgan fingerprint density at radius 3 is 2.41 bits per heavy atom. The largest absolute Gasteiger partial charge is 0.448 e. The Morgan fingerprint density at radius 2 is 1.72 bits per heavy atom. The van der Waals surface area contributed by atoms with Crippen LogP contribution in [0.25, 0.3) is 5.69 Å². The van der Waals surface area contributed by atoms with Crippen LogP contribution in [0.3, 0.4) is 0 Å². The summed E-state index contributed by atoms with van der Waals surface area (Å²) in [7, 11) is 0. The molecule has 4 rings (SSSR count). The number of carbonyl (C=O) groups excluding carboxylic acids is 2. The summed E-state index contributed by atoms with van der Waals surface area (Å²) in [6.07, 6.45) is 1.73. The molecule has 8 nitrogen and oxygen atoms in total. The number of ether oxygens (including phenoxy) is 2. The maximum absolute atomic E-state index is 13.2. The summed E-state index contributed by atoms with van der Waals surface area (Å²) in [6.45, 7) is 4.54. The summed E-state index contributed by atoms with van der Waals surface area (Å²) in [5, 5.41) is 2.75. The molecule has 0 saturated carbocycles. The zero-order chi connectivity index (χ0) is 22.5. The van der Waals surface area contributed by atoms with E-state index in [2.05, 4.69) is 15.2 Å². The topological polar surface area (TPSA) is 85.7 Å². The normalized spacial score (nSPS) is 14.6. The molecule has 2 aromatic carbocycles. The number of nitrogens with zero attached hydrogens (tertiary/aromatic N) is 3. The van der Waals surface area contributed by atoms with Crippen LogP contribution in [0, 0.1) is 5.82 Å². The third kappa shape index (κ3) is 4.94. The lowest BCUT2D eigenvalue weighted by Gasteiger charge is -2.28. The number of anilines is 2. The standard InChI is InChI=1S/C23H23FN4O4/c1-16(22(29)26-18-4-8-19(9-5-18)27-10-12-31-13-11-27)32-23(30)21-14-25-15-28(21)20-6-2-17(24)3-7-20/h2-9,14-16H,10-13H2,1H3,(H,26,29)/t16-/m0/s1. The first-order chi connectivity index (χ1) is 15.5. The fraction of sp³-hybridized carbons (Fsp3) is 0.261. The van der Waals surface area contributed by atoms with Gasteiger partial charge in [-0.3, -0.25) is 9.36 Å². The van der Waals surface area contributed by atoms with E-state index in [4.69, 9.17) is 9.47 Å². The van der Waals surface area contributed by atoms with Gasteiger partial charge in [-0.25, -0.2) is 14.2 Å². The van der Waals surface area contributed by atoms with Gasteiger partial charge in [0, 0.05) is 30.2 Å². The molecule has 1 aromatic heterocycles. The Kier molecular flexibility index (Phi) is 6.46. The number of carbonyl (C=O) groups is 2. The quantitative estimate of drug-likeness (QED) is 0.596. The molecular weight excluding hydrogens is 415 g/mol. The first kappa shape index (κ1) is 21.5. The monoisotopic (exact) mass is 438 g/mol. The van der Waals surface area contributed by atoms with Gasteiger partial charge in [0.25, 0.3) is 5.91 Å². The highest BCUT2D eigenvalue weighted by molar-refractivity contribution is 5.97. The minimum Gasteiger partial charge on any atom is -0.448 e. The Balaban J connectivity index is 1.36. The number of hydrogen-bond acceptors (Lipinski definition) is 6. The van der Waals surface area contributed by atoms with E-state index in [1.165, 1.54) is 48.3 Å². The second-order valence-electron chi connectivity index (χ2n) is 7.31. The van der Waals surface area contributed by atoms with Crippen LogP contribution in [0.5, 0.6) is 0 Å². The van der Waals surface area contributed by atoms with E-state index in [1.54, 1.807) is 12.1 Å². The third-order valence-corrected chi connectivity index (χ3v) is 5.12. The van der Waals surface area contributed by atoms with Gasteiger partial charge in [-0.15, -0.1) is 0 Å². The summed E-state index contributed by atoms with van der Waals surface area (Å²) in [5.74, 6) is -1.55. The average molecular weight is 438 g/mol. The summed E-state index contributed by atoms with van der Waals surface area (Å²) in [5.41, 5.74) is 2.34. The van der Waals surface area contributed by atoms with E-state index in [9.17, 15) is 14.0 Å². The van der Waals surface area contributed by atoms with Crippen molar-refractivity contribution in [3.8, 4) is 5.69 Å². The van der Waals surface area contributed by atoms with Crippen molar-refractivity contribution < 1.29 is 23.5 Å². The summed E-state index contributed by atoms with van der Waals surface area (Å²) in [4.78, 5) is 31.3. The Bertz CT molecular complexity index is 1080. The minimum atomic E-state index is -1.03. The molecule has 0 spiro atoms. The Labute approximate surface area is 184 Å². The van der Waals surface area contributed by atoms with Crippen molar-refractivity contribution in [2.75, 3.05) is 36.5 Å². The SMILES string of the molecule is C[C@H](OC(=O)c1cncn1-c1ccc(F)cc1)C(=O)Nc1ccc(N2CCOCC2)cc1. The smallest absolute Gasteiger partial charge is 0.357 e. The molecule has 3 aromatic rings. The fourth-order valence-corrected chi connectivity index (χ4v) is 3.35. The van der Waals surface area contributed by atoms with Crippen LogP contribution in [0.1, 0.15) is 17.4 Å². The molecule has 1 saturated heterocycles. The third-order valence-electron chi connectivity index (χ3n) is 5.12. The first-order valence-electron chi connectivity index (χ1n) is 10.2. The van der Waals surface area contributed by atoms with E-state index in [0.29, 0.717) is 24.6 Å². The van der Waals surface area contributed by atoms with Gasteiger partial charge >= 0.3 is 5.97 Å². The highest BCUT2D eigenvalue weighted by atomic mass is 19.1. The predicted molar refractivity (Wildman–Crippen MR) is 117 cm³/mol. The molecule has 0 unspecified atom stereocenters. The minimum absolute atomic E-state index is 0.131. The molecule has 1 atom stereocenters. The van der Waals surface area contributed by atoms with E-state index >= 15 is 0 Å². The second-order valence-corrected chi connectivity index (χ2v) is 7.31. The van der Waals surface area contributed by atoms with Crippen molar-refractivity contribution in [3.05, 3.63) is 72.6 Å². The molecule has 2 heterocycles. The number of rotatable bonds is 6. The number of aromatic nitrogens is 2. The van der Waals surface area contributed by atoms with Crippen molar-refractivity contribution >= 4 is 23.3 Å². The fourth-order valence-electron chi connectivity index (χ4n) is 3.35. The summed E-state index contributed by atoms with van der Waals surface area (Å²) < 4.78 is 25.3. The summed E-state index contributed by atoms with van der Waals surface area (Å²) >= 11 is 0. The number of amides is 1. The number of esters is 1. The molecule has 1 aliphatic heterocycles. The first-order valence-corrected chi connectivity index (χ1v) is 10.2. The van der Waals surface area contributed by atoms with Gasteiger partial charge in [0.15, 0.2) is 11.8 Å². The lowest BCUT2D eigenvalue weighted by Crippen LogP contribution is -2.36. The number of benzene rings is 2. The number of morpholine rings is 1. The van der Waals surface area contributed by atoms with Gasteiger partial charge < -0.3 is 19.7 Å². The maximum Gasteiger partial charge on any atom is 0.357 e. The molecular formula is C23H23FN4O4. The van der Waals surface area contributed by atoms with E-state index in [0.717, 1.165) is 18.8 Å². The summed E-state index contributed by atoms with van der Waals surface area (Å²) in [6, 6.07) is 13.1. The van der Waals surface area contributed by atoms with Crippen molar-refractivity contribution in [3.63, 3.8) is 0 Å². The predicted octanol–water partition coefficient (Wildman–Crippen LogP) is 3.03. The van der Waals surface area contributed by atoms with E-state index in [-0.39, 0.29) is 11.5 Å². The molecule has 1 N–H and O–H groups in total. The maximum atomic E-state index is 13.2. The van der Waals surface area contributed by atoms with Gasteiger partial charge in [0.05, 0.1) is 25.7 Å². The lowest BCUT2D eigenvalue weighted by molar-refractivity contribution is -0.123. The van der Waals surface area contributed by atoms with E-state index < -0.39 is 18.0 Å². The lowest BCUT2D eigenvalue weighted by atomic mass is 10.2. The van der Waals surface area contributed by atoms with Crippen molar-refractivity contribution in [2.45, 2.75) is 13.0 Å². The van der Waals surface area contributed by atoms with Gasteiger partial charge in [-0.2, -0.15) is 0 Å². The molecule has 0 bridgehead atoms. The molecule has 0 aliphatic carbocycles. The van der Waals surface area contributed by atoms with Crippen LogP contribution >= 0.6 is 0 Å². The average Bonchev–Trinajstić information content (AvgIpc) is 3.31. The number of halogens is 1. The number of nitrogens with one attached hydrogen (secondary N) is 1. The van der Waals surface area contributed by atoms with Crippen molar-refractivity contribution in [1.29, 1.82) is 0 Å². The van der Waals surface area contributed by atoms with E-state index in [1.807, 2.05) is 12.1 Å². The van der Waals surface area contributed by atoms with Gasteiger partial charge in [0.1, 0.15) is 5.82 Å².